The monoisotopic (exact) mass is 1640 g/mol. The highest BCUT2D eigenvalue weighted by Gasteiger charge is 2.62. The minimum Gasteiger partial charge on any atom is -0.463 e. The van der Waals surface area contributed by atoms with E-state index in [1.807, 2.05) is 0 Å². The van der Waals surface area contributed by atoms with Crippen molar-refractivity contribution in [2.24, 2.45) is 5.92 Å². The summed E-state index contributed by atoms with van der Waals surface area (Å²) in [4.78, 5) is 163. The fourth-order valence-corrected chi connectivity index (χ4v) is 15.0. The Bertz CT molecular complexity index is 3110. The Morgan fingerprint density at radius 3 is 1.29 bits per heavy atom. The molecule has 0 radical (unpaired) electrons. The van der Waals surface area contributed by atoms with E-state index < -0.39 is 244 Å². The van der Waals surface area contributed by atoms with Crippen molar-refractivity contribution in [3.8, 4) is 0 Å². The molecule has 0 aliphatic carbocycles. The summed E-state index contributed by atoms with van der Waals surface area (Å²) in [6.45, 7) is 22.4. The molecule has 6 saturated heterocycles. The molecule has 0 saturated carbocycles. The zero-order valence-electron chi connectivity index (χ0n) is 70.1. The van der Waals surface area contributed by atoms with E-state index in [0.717, 1.165) is 159 Å². The third-order valence-corrected chi connectivity index (χ3v) is 20.7. The van der Waals surface area contributed by atoms with Gasteiger partial charge in [-0.15, -0.1) is 0 Å². The number of fused-ring (bicyclic) bond motifs is 2. The van der Waals surface area contributed by atoms with Gasteiger partial charge in [0.1, 0.15) is 31.0 Å². The average Bonchev–Trinajstić information content (AvgIpc) is 0.751. The largest absolute Gasteiger partial charge is 0.463 e. The Morgan fingerprint density at radius 2 is 0.757 bits per heavy atom. The van der Waals surface area contributed by atoms with Crippen molar-refractivity contribution in [1.29, 1.82) is 0 Å². The van der Waals surface area contributed by atoms with Crippen molar-refractivity contribution in [2.75, 3.05) is 6.61 Å². The third kappa shape index (κ3) is 30.8. The number of esters is 12. The third-order valence-electron chi connectivity index (χ3n) is 20.7. The first-order chi connectivity index (χ1) is 54.6. The van der Waals surface area contributed by atoms with Gasteiger partial charge < -0.3 is 104 Å². The Balaban J connectivity index is 1.61. The molecule has 0 bridgehead atoms. The Labute approximate surface area is 674 Å². The van der Waals surface area contributed by atoms with Crippen LogP contribution in [0, 0.1) is 5.92 Å². The van der Waals surface area contributed by atoms with Crippen LogP contribution in [-0.2, 0) is 162 Å². The van der Waals surface area contributed by atoms with Crippen LogP contribution in [0.4, 0.5) is 0 Å². The van der Waals surface area contributed by atoms with E-state index in [2.05, 4.69) is 13.8 Å². The van der Waals surface area contributed by atoms with Gasteiger partial charge in [-0.2, -0.15) is 0 Å². The van der Waals surface area contributed by atoms with Crippen LogP contribution in [0.1, 0.15) is 272 Å². The van der Waals surface area contributed by atoms with E-state index in [-0.39, 0.29) is 19.3 Å². The molecule has 0 spiro atoms. The highest BCUT2D eigenvalue weighted by Crippen LogP contribution is 2.43. The van der Waals surface area contributed by atoms with E-state index in [4.69, 9.17) is 104 Å². The van der Waals surface area contributed by atoms with Gasteiger partial charge in [0, 0.05) is 75.2 Å². The highest BCUT2D eigenvalue weighted by molar-refractivity contribution is 5.73. The predicted octanol–water partition coefficient (Wildman–Crippen LogP) is 9.44. The first-order valence-electron chi connectivity index (χ1n) is 41.3. The van der Waals surface area contributed by atoms with Crippen LogP contribution in [0.15, 0.2) is 0 Å². The minimum absolute atomic E-state index is 0.163. The Kier molecular flexibility index (Phi) is 41.3. The first kappa shape index (κ1) is 97.1. The number of ether oxygens (including phenoxy) is 22. The quantitative estimate of drug-likeness (QED) is 0.0328. The Hall–Kier alpha value is -6.76. The maximum absolute atomic E-state index is 15.2. The number of hydrogen-bond donors (Lipinski definition) is 0. The van der Waals surface area contributed by atoms with Gasteiger partial charge in [0.05, 0.1) is 36.4 Å². The Morgan fingerprint density at radius 1 is 0.365 bits per heavy atom. The van der Waals surface area contributed by atoms with Gasteiger partial charge in [-0.3, -0.25) is 57.5 Å². The molecular weight excluding hydrogens is 1520 g/mol. The standard InChI is InChI=1S/C81H128O34/c1-18-21-23-24-25-26-29-32-36-41-60(92)110-74-69(114-81-72(106-56(17)90)70(104-54(15)88)65(100-50(11)84)58(108-81)42-94-48(9)82)64(113-78-71(105-55(16)89)67(102-52(13)86)62(45(6)96-78)111-76(93)43(4)20-3)47(8)97-79(74)112-63-46(7)98-80-73(68(63)103-53(14)87)109-59(91)40-37-33-30-27-28-31-35-39-57(38-34-22-19-2)107-77-75(115-80)66(101-51(12)85)61(44(5)95-77)99-49(10)83/h43-47,57-58,61-75,77-81H,18-42H2,1-17H3/t43-,44+,45-,46-,47-,57-,58+,61-,62-,63-,64-,65+,66-,67+,68+,69+,70-,71+,72+,73+,74+,75+,77-,78-,79-,80-,81-/m0/s1. The van der Waals surface area contributed by atoms with Gasteiger partial charge in [0.25, 0.3) is 0 Å². The van der Waals surface area contributed by atoms with Crippen molar-refractivity contribution in [2.45, 2.75) is 431 Å². The van der Waals surface area contributed by atoms with Gasteiger partial charge in [0.15, 0.2) is 105 Å². The molecule has 27 atom stereocenters. The number of carbonyl (C=O) groups is 12. The molecule has 6 aliphatic rings. The maximum atomic E-state index is 15.2. The average molecular weight is 1650 g/mol. The van der Waals surface area contributed by atoms with Gasteiger partial charge in [-0.25, -0.2) is 0 Å². The van der Waals surface area contributed by atoms with Crippen molar-refractivity contribution in [3.63, 3.8) is 0 Å². The molecule has 0 unspecified atom stereocenters. The smallest absolute Gasteiger partial charge is 0.309 e. The second-order valence-electron chi connectivity index (χ2n) is 30.6. The summed E-state index contributed by atoms with van der Waals surface area (Å²) in [6, 6.07) is 0. The van der Waals surface area contributed by atoms with Gasteiger partial charge in [-0.05, 0) is 59.8 Å². The van der Waals surface area contributed by atoms with Crippen molar-refractivity contribution >= 4 is 71.6 Å². The summed E-state index contributed by atoms with van der Waals surface area (Å²) < 4.78 is 141. The minimum atomic E-state index is -2.12. The zero-order chi connectivity index (χ0) is 84.8. The lowest BCUT2D eigenvalue weighted by Crippen LogP contribution is -2.69. The maximum Gasteiger partial charge on any atom is 0.309 e. The molecule has 115 heavy (non-hydrogen) atoms. The van der Waals surface area contributed by atoms with Crippen molar-refractivity contribution in [1.82, 2.24) is 0 Å². The topological polar surface area (TPSA) is 408 Å². The summed E-state index contributed by atoms with van der Waals surface area (Å²) in [5.41, 5.74) is 0. The second kappa shape index (κ2) is 49.0. The summed E-state index contributed by atoms with van der Waals surface area (Å²) in [7, 11) is 0. The first-order valence-corrected chi connectivity index (χ1v) is 41.3. The second-order valence-corrected chi connectivity index (χ2v) is 30.6. The number of hydrogen-bond acceptors (Lipinski definition) is 34. The lowest BCUT2D eigenvalue weighted by atomic mass is 9.94. The van der Waals surface area contributed by atoms with E-state index in [1.54, 1.807) is 20.8 Å². The molecule has 0 aromatic heterocycles. The predicted molar refractivity (Wildman–Crippen MR) is 398 cm³/mol. The van der Waals surface area contributed by atoms with Crippen LogP contribution >= 0.6 is 0 Å². The number of unbranched alkanes of at least 4 members (excludes halogenated alkanes) is 10. The van der Waals surface area contributed by atoms with Crippen LogP contribution < -0.4 is 0 Å². The SMILES string of the molecule is CCCCCCCCCCCC(=O)O[C@H]1[C@H](O[C@@H]2[C@@H](OC(C)=O)[C@H]3OC(=O)CCCCCCCCC[C@H](CCCCC)O[C@@H]4O[C@H](C)[C@H](OC(C)=O)[C@H](OC(C)=O)[C@H]4O[C@@H]3O[C@H]2C)O[C@@H](C)[C@H](O[C@@H]2O[C@@H](C)[C@H](OC(=O)[C@@H](C)CC)[C@@H](OC(C)=O)[C@H]2OC(C)=O)[C@H]1O[C@@H]1O[C@H](COC(C)=O)[C@@H](OC(C)=O)[C@H](OC(C)=O)[C@H]1OC(C)=O. The number of carbonyl (C=O) groups excluding carboxylic acids is 12. The van der Waals surface area contributed by atoms with Crippen molar-refractivity contribution < 1.29 is 162 Å². The lowest BCUT2D eigenvalue weighted by molar-refractivity contribution is -0.400. The van der Waals surface area contributed by atoms with Gasteiger partial charge in [0.2, 0.25) is 0 Å². The van der Waals surface area contributed by atoms with E-state index in [0.29, 0.717) is 38.5 Å². The van der Waals surface area contributed by atoms with Crippen LogP contribution in [0.5, 0.6) is 0 Å². The van der Waals surface area contributed by atoms with E-state index in [9.17, 15) is 52.7 Å². The van der Waals surface area contributed by atoms with E-state index >= 15 is 4.79 Å². The number of rotatable bonds is 34. The molecule has 6 heterocycles. The fraction of sp³-hybridized carbons (Fsp3) is 0.852. The van der Waals surface area contributed by atoms with Crippen molar-refractivity contribution in [3.05, 3.63) is 0 Å². The molecule has 34 heteroatoms. The van der Waals surface area contributed by atoms with Crippen LogP contribution in [-0.4, -0.2) is 238 Å². The molecule has 6 rings (SSSR count). The highest BCUT2D eigenvalue weighted by atomic mass is 16.8. The van der Waals surface area contributed by atoms with Crippen LogP contribution in [0.25, 0.3) is 0 Å². The molecule has 34 nitrogen and oxygen atoms in total. The summed E-state index contributed by atoms with van der Waals surface area (Å²) in [5, 5.41) is 0. The molecule has 0 N–H and O–H groups in total. The summed E-state index contributed by atoms with van der Waals surface area (Å²) >= 11 is 0. The normalized spacial score (nSPS) is 33.8. The zero-order valence-corrected chi connectivity index (χ0v) is 70.1. The van der Waals surface area contributed by atoms with Crippen LogP contribution in [0.2, 0.25) is 0 Å². The summed E-state index contributed by atoms with van der Waals surface area (Å²) in [6.07, 6.45) is -26.2. The summed E-state index contributed by atoms with van der Waals surface area (Å²) in [5.74, 6) is -11.4. The molecule has 656 valence electrons. The molecule has 0 aromatic carbocycles. The molecule has 0 aromatic rings. The molecule has 0 amide bonds. The lowest BCUT2D eigenvalue weighted by Gasteiger charge is -2.52. The van der Waals surface area contributed by atoms with Gasteiger partial charge in [-0.1, -0.05) is 137 Å². The molecule has 6 aliphatic heterocycles. The van der Waals surface area contributed by atoms with E-state index in [1.165, 1.54) is 20.8 Å². The molecular formula is C81H128O34. The fourth-order valence-electron chi connectivity index (χ4n) is 15.0. The van der Waals surface area contributed by atoms with Gasteiger partial charge >= 0.3 is 71.6 Å². The molecule has 6 fully saturated rings. The van der Waals surface area contributed by atoms with Crippen LogP contribution in [0.3, 0.4) is 0 Å².